The van der Waals surface area contributed by atoms with Crippen molar-refractivity contribution < 1.29 is 13.6 Å². The summed E-state index contributed by atoms with van der Waals surface area (Å²) in [7, 11) is 0. The third-order valence-corrected chi connectivity index (χ3v) is 2.40. The van der Waals surface area contributed by atoms with Gasteiger partial charge in [0.1, 0.15) is 0 Å². The Balaban J connectivity index is 2.63. The van der Waals surface area contributed by atoms with Crippen molar-refractivity contribution in [3.8, 4) is 0 Å². The van der Waals surface area contributed by atoms with Crippen molar-refractivity contribution in [3.63, 3.8) is 0 Å². The fourth-order valence-electron chi connectivity index (χ4n) is 1.43. The van der Waals surface area contributed by atoms with Crippen LogP contribution in [0, 0.1) is 17.6 Å². The average molecular weight is 286 g/mol. The first-order chi connectivity index (χ1) is 9.43. The molecule has 0 fully saturated rings. The normalized spacial score (nSPS) is 10.5. The molecule has 0 aromatic carbocycles. The Morgan fingerprint density at radius 1 is 1.25 bits per heavy atom. The number of halogens is 2. The Hall–Kier alpha value is -1.92. The molecule has 0 unspecified atom stereocenters. The molecule has 1 amide bonds. The first kappa shape index (κ1) is 16.1. The average Bonchev–Trinajstić information content (AvgIpc) is 2.38. The summed E-state index contributed by atoms with van der Waals surface area (Å²) in [5.74, 6) is -1.73. The van der Waals surface area contributed by atoms with Gasteiger partial charge < -0.3 is 16.0 Å². The molecule has 5 nitrogen and oxygen atoms in total. The number of aromatic nitrogens is 1. The number of hydrogen-bond donors (Lipinski definition) is 3. The molecule has 0 saturated carbocycles. The van der Waals surface area contributed by atoms with Gasteiger partial charge in [-0.05, 0) is 12.8 Å². The van der Waals surface area contributed by atoms with Crippen LogP contribution in [0.5, 0.6) is 0 Å². The van der Waals surface area contributed by atoms with Crippen LogP contribution in [0.25, 0.3) is 0 Å². The number of pyridine rings is 1. The molecule has 7 heteroatoms. The van der Waals surface area contributed by atoms with Crippen LogP contribution in [0.1, 0.15) is 20.8 Å². The number of carbonyl (C=O) groups is 1. The third kappa shape index (κ3) is 4.99. The Bertz CT molecular complexity index is 466. The Morgan fingerprint density at radius 3 is 2.40 bits per heavy atom. The highest BCUT2D eigenvalue weighted by Gasteiger charge is 2.12. The number of nitrogens with one attached hydrogen (secondary N) is 3. The summed E-state index contributed by atoms with van der Waals surface area (Å²) in [6, 6.07) is 0.735. The van der Waals surface area contributed by atoms with E-state index in [0.717, 1.165) is 6.07 Å². The van der Waals surface area contributed by atoms with Crippen molar-refractivity contribution in [1.29, 1.82) is 0 Å². The summed E-state index contributed by atoms with van der Waals surface area (Å²) in [6.45, 7) is 6.60. The van der Waals surface area contributed by atoms with Crippen molar-refractivity contribution in [2.45, 2.75) is 20.8 Å². The number of nitrogens with zero attached hydrogens (tertiary/aromatic N) is 1. The Kier molecular flexibility index (Phi) is 6.14. The minimum absolute atomic E-state index is 0.0426. The second-order valence-corrected chi connectivity index (χ2v) is 4.73. The smallest absolute Gasteiger partial charge is 0.239 e. The van der Waals surface area contributed by atoms with E-state index in [2.05, 4.69) is 20.9 Å². The summed E-state index contributed by atoms with van der Waals surface area (Å²) in [4.78, 5) is 15.3. The molecule has 112 valence electrons. The lowest BCUT2D eigenvalue weighted by Crippen LogP contribution is -2.32. The van der Waals surface area contributed by atoms with Gasteiger partial charge in [-0.3, -0.25) is 4.79 Å². The molecule has 0 aliphatic heterocycles. The van der Waals surface area contributed by atoms with Crippen molar-refractivity contribution in [2.24, 2.45) is 5.92 Å². The van der Waals surface area contributed by atoms with Gasteiger partial charge in [0, 0.05) is 19.2 Å². The molecule has 1 aromatic heterocycles. The maximum atomic E-state index is 13.5. The van der Waals surface area contributed by atoms with E-state index in [0.29, 0.717) is 19.0 Å². The van der Waals surface area contributed by atoms with E-state index in [-0.39, 0.29) is 24.1 Å². The predicted molar refractivity (Wildman–Crippen MR) is 74.7 cm³/mol. The van der Waals surface area contributed by atoms with Crippen LogP contribution in [-0.4, -0.2) is 30.5 Å². The van der Waals surface area contributed by atoms with E-state index in [9.17, 15) is 13.6 Å². The monoisotopic (exact) mass is 286 g/mol. The third-order valence-electron chi connectivity index (χ3n) is 2.40. The summed E-state index contributed by atoms with van der Waals surface area (Å²) in [5, 5.41) is 7.92. The van der Waals surface area contributed by atoms with Crippen LogP contribution in [0.2, 0.25) is 0 Å². The standard InChI is InChI=1S/C13H20F2N4O/c1-4-16-12-9(14)5-10(15)13(19-12)18-7-11(20)17-6-8(2)3/h5,8H,4,6-7H2,1-3H3,(H,17,20)(H2,16,18,19). The highest BCUT2D eigenvalue weighted by molar-refractivity contribution is 5.80. The summed E-state index contributed by atoms with van der Waals surface area (Å²) in [5.41, 5.74) is 0. The fraction of sp³-hybridized carbons (Fsp3) is 0.538. The lowest BCUT2D eigenvalue weighted by molar-refractivity contribution is -0.119. The van der Waals surface area contributed by atoms with Gasteiger partial charge in [-0.15, -0.1) is 0 Å². The molecular weight excluding hydrogens is 266 g/mol. The Morgan fingerprint density at radius 2 is 1.85 bits per heavy atom. The molecular formula is C13H20F2N4O. The highest BCUT2D eigenvalue weighted by Crippen LogP contribution is 2.18. The van der Waals surface area contributed by atoms with Crippen LogP contribution >= 0.6 is 0 Å². The molecule has 20 heavy (non-hydrogen) atoms. The number of amides is 1. The largest absolute Gasteiger partial charge is 0.368 e. The molecule has 0 aliphatic carbocycles. The summed E-state index contributed by atoms with van der Waals surface area (Å²) >= 11 is 0. The molecule has 3 N–H and O–H groups in total. The van der Waals surface area contributed by atoms with Crippen molar-refractivity contribution in [3.05, 3.63) is 17.7 Å². The first-order valence-corrected chi connectivity index (χ1v) is 6.54. The van der Waals surface area contributed by atoms with Gasteiger partial charge in [-0.1, -0.05) is 13.8 Å². The van der Waals surface area contributed by atoms with E-state index in [1.165, 1.54) is 0 Å². The topological polar surface area (TPSA) is 66.0 Å². The van der Waals surface area contributed by atoms with Crippen molar-refractivity contribution in [2.75, 3.05) is 30.3 Å². The molecule has 0 bridgehead atoms. The Labute approximate surface area is 117 Å². The van der Waals surface area contributed by atoms with E-state index in [4.69, 9.17) is 0 Å². The molecule has 0 aliphatic rings. The lowest BCUT2D eigenvalue weighted by atomic mass is 10.2. The van der Waals surface area contributed by atoms with E-state index in [1.807, 2.05) is 13.8 Å². The zero-order valence-corrected chi connectivity index (χ0v) is 11.9. The van der Waals surface area contributed by atoms with Gasteiger partial charge in [-0.25, -0.2) is 13.8 Å². The zero-order valence-electron chi connectivity index (χ0n) is 11.9. The molecule has 0 atom stereocenters. The molecule has 1 heterocycles. The second kappa shape index (κ2) is 7.62. The predicted octanol–water partition coefficient (Wildman–Crippen LogP) is 1.98. The maximum Gasteiger partial charge on any atom is 0.239 e. The zero-order chi connectivity index (χ0) is 15.1. The maximum absolute atomic E-state index is 13.5. The number of carbonyl (C=O) groups excluding carboxylic acids is 1. The van der Waals surface area contributed by atoms with Crippen LogP contribution in [-0.2, 0) is 4.79 Å². The van der Waals surface area contributed by atoms with Crippen LogP contribution in [0.3, 0.4) is 0 Å². The second-order valence-electron chi connectivity index (χ2n) is 4.73. The van der Waals surface area contributed by atoms with Gasteiger partial charge in [0.15, 0.2) is 23.3 Å². The van der Waals surface area contributed by atoms with Gasteiger partial charge >= 0.3 is 0 Å². The van der Waals surface area contributed by atoms with E-state index >= 15 is 0 Å². The van der Waals surface area contributed by atoms with Crippen molar-refractivity contribution >= 4 is 17.5 Å². The molecule has 0 radical (unpaired) electrons. The number of rotatable bonds is 7. The number of anilines is 2. The lowest BCUT2D eigenvalue weighted by Gasteiger charge is -2.11. The van der Waals surface area contributed by atoms with E-state index in [1.54, 1.807) is 6.92 Å². The molecule has 0 spiro atoms. The fourth-order valence-corrected chi connectivity index (χ4v) is 1.43. The molecule has 1 rings (SSSR count). The molecule has 0 saturated heterocycles. The molecule has 1 aromatic rings. The summed E-state index contributed by atoms with van der Waals surface area (Å²) in [6.07, 6.45) is 0. The van der Waals surface area contributed by atoms with E-state index < -0.39 is 11.6 Å². The first-order valence-electron chi connectivity index (χ1n) is 6.54. The quantitative estimate of drug-likeness (QED) is 0.717. The van der Waals surface area contributed by atoms with Crippen LogP contribution in [0.4, 0.5) is 20.4 Å². The van der Waals surface area contributed by atoms with Crippen LogP contribution < -0.4 is 16.0 Å². The number of hydrogen-bond acceptors (Lipinski definition) is 4. The highest BCUT2D eigenvalue weighted by atomic mass is 19.1. The summed E-state index contributed by atoms with van der Waals surface area (Å²) < 4.78 is 26.9. The van der Waals surface area contributed by atoms with Gasteiger partial charge in [-0.2, -0.15) is 0 Å². The minimum atomic E-state index is -0.833. The van der Waals surface area contributed by atoms with Gasteiger partial charge in [0.25, 0.3) is 0 Å². The van der Waals surface area contributed by atoms with Crippen LogP contribution in [0.15, 0.2) is 6.07 Å². The van der Waals surface area contributed by atoms with Gasteiger partial charge in [0.05, 0.1) is 6.54 Å². The van der Waals surface area contributed by atoms with Crippen molar-refractivity contribution in [1.82, 2.24) is 10.3 Å². The SMILES string of the molecule is CCNc1nc(NCC(=O)NCC(C)C)c(F)cc1F. The van der Waals surface area contributed by atoms with Gasteiger partial charge in [0.2, 0.25) is 5.91 Å². The minimum Gasteiger partial charge on any atom is -0.368 e.